The Kier molecular flexibility index (Phi) is 6.26. The summed E-state index contributed by atoms with van der Waals surface area (Å²) in [4.78, 5) is 40.4. The van der Waals surface area contributed by atoms with Crippen LogP contribution in [0.1, 0.15) is 24.9 Å². The lowest BCUT2D eigenvalue weighted by molar-refractivity contribution is -0.137. The number of benzene rings is 2. The first-order valence-electron chi connectivity index (χ1n) is 9.50. The number of nitrogens with one attached hydrogen (secondary N) is 1. The average molecular weight is 397 g/mol. The molecule has 3 rings (SSSR count). The maximum absolute atomic E-state index is 12.9. The van der Waals surface area contributed by atoms with Gasteiger partial charge in [-0.3, -0.25) is 14.4 Å². The van der Waals surface area contributed by atoms with E-state index in [4.69, 9.17) is 0 Å². The van der Waals surface area contributed by atoms with Gasteiger partial charge in [0.2, 0.25) is 17.7 Å². The lowest BCUT2D eigenvalue weighted by Crippen LogP contribution is -2.39. The standard InChI is InChI=1S/C22H24FN3O3/c1-15(16-6-4-3-5-7-16)26-13-17(12-21(26)28)22(29)25(2)14-20(27)24-19-10-8-18(23)9-11-19/h3-11,15,17H,12-14H2,1-2H3,(H,24,27)/t15-,17+/m1/s1. The molecule has 3 amide bonds. The summed E-state index contributed by atoms with van der Waals surface area (Å²) in [5.74, 6) is -1.56. The minimum absolute atomic E-state index is 0.0659. The Labute approximate surface area is 169 Å². The summed E-state index contributed by atoms with van der Waals surface area (Å²) in [6.45, 7) is 2.13. The van der Waals surface area contributed by atoms with Crippen LogP contribution in [0.15, 0.2) is 54.6 Å². The molecule has 1 aliphatic rings. The van der Waals surface area contributed by atoms with E-state index in [2.05, 4.69) is 5.32 Å². The number of amides is 3. The van der Waals surface area contributed by atoms with Crippen molar-refractivity contribution >= 4 is 23.4 Å². The molecule has 1 N–H and O–H groups in total. The molecule has 152 valence electrons. The molecule has 7 heteroatoms. The van der Waals surface area contributed by atoms with E-state index < -0.39 is 11.7 Å². The molecule has 1 aliphatic heterocycles. The molecule has 2 aromatic carbocycles. The smallest absolute Gasteiger partial charge is 0.243 e. The summed E-state index contributed by atoms with van der Waals surface area (Å²) in [6.07, 6.45) is 0.139. The topological polar surface area (TPSA) is 69.7 Å². The fourth-order valence-electron chi connectivity index (χ4n) is 3.52. The van der Waals surface area contributed by atoms with Gasteiger partial charge in [0.15, 0.2) is 0 Å². The molecule has 0 radical (unpaired) electrons. The monoisotopic (exact) mass is 397 g/mol. The third kappa shape index (κ3) is 4.99. The Hall–Kier alpha value is -3.22. The third-order valence-electron chi connectivity index (χ3n) is 5.14. The van der Waals surface area contributed by atoms with Crippen LogP contribution in [0.4, 0.5) is 10.1 Å². The highest BCUT2D eigenvalue weighted by Crippen LogP contribution is 2.29. The van der Waals surface area contributed by atoms with Gasteiger partial charge in [-0.05, 0) is 36.8 Å². The predicted molar refractivity (Wildman–Crippen MR) is 107 cm³/mol. The minimum atomic E-state index is -0.475. The second-order valence-electron chi connectivity index (χ2n) is 7.28. The van der Waals surface area contributed by atoms with Gasteiger partial charge in [0.1, 0.15) is 5.82 Å². The fraction of sp³-hybridized carbons (Fsp3) is 0.318. The molecule has 1 saturated heterocycles. The van der Waals surface area contributed by atoms with E-state index in [9.17, 15) is 18.8 Å². The summed E-state index contributed by atoms with van der Waals surface area (Å²) in [6, 6.07) is 15.0. The van der Waals surface area contributed by atoms with E-state index in [1.54, 1.807) is 11.9 Å². The maximum atomic E-state index is 12.9. The molecule has 0 spiro atoms. The number of carbonyl (C=O) groups is 3. The van der Waals surface area contributed by atoms with Crippen molar-refractivity contribution in [1.29, 1.82) is 0 Å². The number of rotatable bonds is 6. The van der Waals surface area contributed by atoms with Crippen LogP contribution in [-0.2, 0) is 14.4 Å². The molecule has 29 heavy (non-hydrogen) atoms. The number of likely N-dealkylation sites (tertiary alicyclic amines) is 1. The Morgan fingerprint density at radius 2 is 1.83 bits per heavy atom. The average Bonchev–Trinajstić information content (AvgIpc) is 3.10. The van der Waals surface area contributed by atoms with Crippen LogP contribution >= 0.6 is 0 Å². The van der Waals surface area contributed by atoms with Gasteiger partial charge in [-0.1, -0.05) is 30.3 Å². The summed E-state index contributed by atoms with van der Waals surface area (Å²) in [5, 5.41) is 2.63. The van der Waals surface area contributed by atoms with Gasteiger partial charge in [-0.2, -0.15) is 0 Å². The third-order valence-corrected chi connectivity index (χ3v) is 5.14. The summed E-state index contributed by atoms with van der Waals surface area (Å²) >= 11 is 0. The highest BCUT2D eigenvalue weighted by molar-refractivity contribution is 5.96. The van der Waals surface area contributed by atoms with Gasteiger partial charge in [-0.15, -0.1) is 0 Å². The Morgan fingerprint density at radius 3 is 2.48 bits per heavy atom. The number of likely N-dealkylation sites (N-methyl/N-ethyl adjacent to an activating group) is 1. The number of carbonyl (C=O) groups excluding carboxylic acids is 3. The van der Waals surface area contributed by atoms with Crippen LogP contribution in [0.3, 0.4) is 0 Å². The highest BCUT2D eigenvalue weighted by atomic mass is 19.1. The molecule has 0 bridgehead atoms. The summed E-state index contributed by atoms with van der Waals surface area (Å²) < 4.78 is 12.9. The maximum Gasteiger partial charge on any atom is 0.243 e. The van der Waals surface area contributed by atoms with Crippen molar-refractivity contribution in [1.82, 2.24) is 9.80 Å². The van der Waals surface area contributed by atoms with E-state index in [1.165, 1.54) is 29.2 Å². The Bertz CT molecular complexity index is 886. The van der Waals surface area contributed by atoms with Gasteiger partial charge in [0.05, 0.1) is 18.5 Å². The number of nitrogens with zero attached hydrogens (tertiary/aromatic N) is 2. The normalized spacial score (nSPS) is 17.1. The van der Waals surface area contributed by atoms with E-state index in [0.29, 0.717) is 12.2 Å². The van der Waals surface area contributed by atoms with E-state index >= 15 is 0 Å². The van der Waals surface area contributed by atoms with Crippen molar-refractivity contribution < 1.29 is 18.8 Å². The van der Waals surface area contributed by atoms with Gasteiger partial charge in [0.25, 0.3) is 0 Å². The molecular weight excluding hydrogens is 373 g/mol. The second-order valence-corrected chi connectivity index (χ2v) is 7.28. The van der Waals surface area contributed by atoms with Crippen LogP contribution in [0.25, 0.3) is 0 Å². The van der Waals surface area contributed by atoms with E-state index in [1.807, 2.05) is 37.3 Å². The van der Waals surface area contributed by atoms with Crippen molar-refractivity contribution in [2.45, 2.75) is 19.4 Å². The van der Waals surface area contributed by atoms with E-state index in [-0.39, 0.29) is 36.7 Å². The molecule has 0 aliphatic carbocycles. The SMILES string of the molecule is C[C@H](c1ccccc1)N1C[C@@H](C(=O)N(C)CC(=O)Nc2ccc(F)cc2)CC1=O. The highest BCUT2D eigenvalue weighted by Gasteiger charge is 2.38. The zero-order valence-electron chi connectivity index (χ0n) is 16.5. The summed E-state index contributed by atoms with van der Waals surface area (Å²) in [7, 11) is 1.54. The Balaban J connectivity index is 1.56. The van der Waals surface area contributed by atoms with Crippen LogP contribution in [0.2, 0.25) is 0 Å². The number of hydrogen-bond donors (Lipinski definition) is 1. The first kappa shape index (κ1) is 20.5. The molecule has 2 aromatic rings. The quantitative estimate of drug-likeness (QED) is 0.815. The first-order chi connectivity index (χ1) is 13.8. The zero-order chi connectivity index (χ0) is 21.0. The van der Waals surface area contributed by atoms with Crippen LogP contribution in [0, 0.1) is 11.7 Å². The van der Waals surface area contributed by atoms with Crippen molar-refractivity contribution in [2.24, 2.45) is 5.92 Å². The Morgan fingerprint density at radius 1 is 1.17 bits per heavy atom. The van der Waals surface area contributed by atoms with Gasteiger partial charge in [0, 0.05) is 25.7 Å². The molecule has 0 unspecified atom stereocenters. The molecule has 0 saturated carbocycles. The van der Waals surface area contributed by atoms with Gasteiger partial charge in [-0.25, -0.2) is 4.39 Å². The number of hydrogen-bond acceptors (Lipinski definition) is 3. The molecule has 2 atom stereocenters. The second kappa shape index (κ2) is 8.86. The lowest BCUT2D eigenvalue weighted by Gasteiger charge is -2.26. The summed E-state index contributed by atoms with van der Waals surface area (Å²) in [5.41, 5.74) is 1.47. The van der Waals surface area contributed by atoms with Crippen LogP contribution < -0.4 is 5.32 Å². The molecular formula is C22H24FN3O3. The van der Waals surface area contributed by atoms with Crippen LogP contribution in [0.5, 0.6) is 0 Å². The predicted octanol–water partition coefficient (Wildman–Crippen LogP) is 2.83. The van der Waals surface area contributed by atoms with Crippen molar-refractivity contribution in [2.75, 3.05) is 25.5 Å². The minimum Gasteiger partial charge on any atom is -0.336 e. The number of anilines is 1. The lowest BCUT2D eigenvalue weighted by atomic mass is 10.1. The van der Waals surface area contributed by atoms with E-state index in [0.717, 1.165) is 5.56 Å². The van der Waals surface area contributed by atoms with Gasteiger partial charge < -0.3 is 15.1 Å². The molecule has 0 aromatic heterocycles. The molecule has 1 heterocycles. The number of halogens is 1. The fourth-order valence-corrected chi connectivity index (χ4v) is 3.52. The first-order valence-corrected chi connectivity index (χ1v) is 9.50. The molecule has 6 nitrogen and oxygen atoms in total. The van der Waals surface area contributed by atoms with Crippen molar-refractivity contribution in [3.05, 3.63) is 66.0 Å². The van der Waals surface area contributed by atoms with Crippen molar-refractivity contribution in [3.8, 4) is 0 Å². The zero-order valence-corrected chi connectivity index (χ0v) is 16.5. The molecule has 1 fully saturated rings. The van der Waals surface area contributed by atoms with Crippen molar-refractivity contribution in [3.63, 3.8) is 0 Å². The van der Waals surface area contributed by atoms with Crippen LogP contribution in [-0.4, -0.2) is 47.7 Å². The largest absolute Gasteiger partial charge is 0.336 e. The van der Waals surface area contributed by atoms with Gasteiger partial charge >= 0.3 is 0 Å².